The van der Waals surface area contributed by atoms with E-state index in [1.54, 1.807) is 12.1 Å². The van der Waals surface area contributed by atoms with Gasteiger partial charge in [-0.3, -0.25) is 0 Å². The Hall–Kier alpha value is -1.67. The zero-order chi connectivity index (χ0) is 14.5. The van der Waals surface area contributed by atoms with Crippen molar-refractivity contribution in [1.29, 1.82) is 0 Å². The van der Waals surface area contributed by atoms with E-state index < -0.39 is 0 Å². The largest absolute Gasteiger partial charge is 0.309 e. The van der Waals surface area contributed by atoms with Crippen LogP contribution in [0.1, 0.15) is 48.9 Å². The van der Waals surface area contributed by atoms with Gasteiger partial charge in [-0.05, 0) is 48.2 Å². The summed E-state index contributed by atoms with van der Waals surface area (Å²) < 4.78 is 13.4. The molecule has 0 fully saturated rings. The van der Waals surface area contributed by atoms with Gasteiger partial charge in [0.25, 0.3) is 0 Å². The first-order valence-corrected chi connectivity index (χ1v) is 7.18. The van der Waals surface area contributed by atoms with Crippen LogP contribution < -0.4 is 5.32 Å². The third-order valence-corrected chi connectivity index (χ3v) is 3.92. The molecule has 2 atom stereocenters. The zero-order valence-electron chi connectivity index (χ0n) is 12.4. The lowest BCUT2D eigenvalue weighted by molar-refractivity contribution is 0.616. The molecule has 2 aromatic carbocycles. The molecule has 0 aliphatic rings. The number of halogens is 1. The summed E-state index contributed by atoms with van der Waals surface area (Å²) >= 11 is 0. The van der Waals surface area contributed by atoms with Crippen LogP contribution in [0, 0.1) is 5.82 Å². The van der Waals surface area contributed by atoms with Crippen LogP contribution in [0.2, 0.25) is 0 Å². The van der Waals surface area contributed by atoms with Crippen molar-refractivity contribution < 1.29 is 4.39 Å². The maximum Gasteiger partial charge on any atom is 0.123 e. The van der Waals surface area contributed by atoms with Crippen LogP contribution >= 0.6 is 0 Å². The van der Waals surface area contributed by atoms with E-state index in [2.05, 4.69) is 43.4 Å². The van der Waals surface area contributed by atoms with Crippen molar-refractivity contribution in [2.75, 3.05) is 7.05 Å². The summed E-state index contributed by atoms with van der Waals surface area (Å²) in [6.07, 6.45) is 1.14. The van der Waals surface area contributed by atoms with Gasteiger partial charge in [0.15, 0.2) is 0 Å². The van der Waals surface area contributed by atoms with E-state index >= 15 is 0 Å². The van der Waals surface area contributed by atoms with Gasteiger partial charge in [-0.25, -0.2) is 4.39 Å². The molecule has 1 nitrogen and oxygen atoms in total. The van der Waals surface area contributed by atoms with Crippen LogP contribution in [0.5, 0.6) is 0 Å². The van der Waals surface area contributed by atoms with Crippen LogP contribution in [-0.2, 0) is 0 Å². The minimum atomic E-state index is -0.195. The predicted octanol–water partition coefficient (Wildman–Crippen LogP) is 4.65. The van der Waals surface area contributed by atoms with Crippen LogP contribution in [-0.4, -0.2) is 7.05 Å². The fourth-order valence-corrected chi connectivity index (χ4v) is 2.46. The first kappa shape index (κ1) is 14.7. The average molecular weight is 271 g/mol. The monoisotopic (exact) mass is 271 g/mol. The molecule has 2 aromatic rings. The van der Waals surface area contributed by atoms with Gasteiger partial charge in [0, 0.05) is 0 Å². The third-order valence-electron chi connectivity index (χ3n) is 3.92. The van der Waals surface area contributed by atoms with E-state index in [4.69, 9.17) is 0 Å². The summed E-state index contributed by atoms with van der Waals surface area (Å²) in [4.78, 5) is 0. The molecule has 0 radical (unpaired) electrons. The van der Waals surface area contributed by atoms with Gasteiger partial charge < -0.3 is 5.32 Å². The van der Waals surface area contributed by atoms with Crippen molar-refractivity contribution in [1.82, 2.24) is 5.32 Å². The lowest BCUT2D eigenvalue weighted by atomic mass is 9.94. The SMILES string of the molecule is CCC(C)c1ccc(C(NC)c2cccc(F)c2)cc1. The fraction of sp³-hybridized carbons (Fsp3) is 0.333. The zero-order valence-corrected chi connectivity index (χ0v) is 12.4. The van der Waals surface area contributed by atoms with Gasteiger partial charge >= 0.3 is 0 Å². The van der Waals surface area contributed by atoms with Crippen LogP contribution in [0.3, 0.4) is 0 Å². The van der Waals surface area contributed by atoms with E-state index in [1.807, 2.05) is 13.1 Å². The van der Waals surface area contributed by atoms with Gasteiger partial charge in [0.05, 0.1) is 6.04 Å². The molecule has 0 aromatic heterocycles. The van der Waals surface area contributed by atoms with Gasteiger partial charge in [-0.1, -0.05) is 50.2 Å². The molecule has 0 aliphatic carbocycles. The molecule has 1 N–H and O–H groups in total. The quantitative estimate of drug-likeness (QED) is 0.834. The standard InChI is InChI=1S/C18H22FN/c1-4-13(2)14-8-10-15(11-9-14)18(20-3)16-6-5-7-17(19)12-16/h5-13,18,20H,4H2,1-3H3. The molecule has 2 heteroatoms. The highest BCUT2D eigenvalue weighted by Gasteiger charge is 2.13. The molecular formula is C18H22FN. The summed E-state index contributed by atoms with van der Waals surface area (Å²) in [7, 11) is 1.90. The summed E-state index contributed by atoms with van der Waals surface area (Å²) in [6, 6.07) is 15.4. The molecule has 0 saturated heterocycles. The second-order valence-electron chi connectivity index (χ2n) is 5.25. The van der Waals surface area contributed by atoms with Crippen molar-refractivity contribution in [2.45, 2.75) is 32.2 Å². The first-order chi connectivity index (χ1) is 9.65. The van der Waals surface area contributed by atoms with Gasteiger partial charge in [-0.15, -0.1) is 0 Å². The predicted molar refractivity (Wildman–Crippen MR) is 82.5 cm³/mol. The number of benzene rings is 2. The highest BCUT2D eigenvalue weighted by molar-refractivity contribution is 5.34. The van der Waals surface area contributed by atoms with E-state index in [0.29, 0.717) is 5.92 Å². The van der Waals surface area contributed by atoms with Crippen molar-refractivity contribution in [3.05, 3.63) is 71.0 Å². The lowest BCUT2D eigenvalue weighted by Gasteiger charge is -2.18. The highest BCUT2D eigenvalue weighted by atomic mass is 19.1. The summed E-state index contributed by atoms with van der Waals surface area (Å²) in [5.74, 6) is 0.380. The molecular weight excluding hydrogens is 249 g/mol. The Balaban J connectivity index is 2.28. The Kier molecular flexibility index (Phi) is 4.91. The Labute approximate surface area is 120 Å². The Bertz CT molecular complexity index is 548. The van der Waals surface area contributed by atoms with Crippen molar-refractivity contribution in [2.24, 2.45) is 0 Å². The van der Waals surface area contributed by atoms with Crippen molar-refractivity contribution in [3.8, 4) is 0 Å². The Morgan fingerprint density at radius 2 is 1.65 bits per heavy atom. The van der Waals surface area contributed by atoms with Gasteiger partial charge in [-0.2, -0.15) is 0 Å². The molecule has 0 amide bonds. The van der Waals surface area contributed by atoms with E-state index in [9.17, 15) is 4.39 Å². The minimum absolute atomic E-state index is 0.0247. The van der Waals surface area contributed by atoms with Crippen LogP contribution in [0.4, 0.5) is 4.39 Å². The summed E-state index contributed by atoms with van der Waals surface area (Å²) in [5.41, 5.74) is 3.46. The van der Waals surface area contributed by atoms with Gasteiger partial charge in [0.1, 0.15) is 5.82 Å². The number of hydrogen-bond acceptors (Lipinski definition) is 1. The Morgan fingerprint density at radius 3 is 2.20 bits per heavy atom. The van der Waals surface area contributed by atoms with E-state index in [0.717, 1.165) is 17.5 Å². The molecule has 0 aliphatic heterocycles. The molecule has 106 valence electrons. The number of hydrogen-bond donors (Lipinski definition) is 1. The smallest absolute Gasteiger partial charge is 0.123 e. The molecule has 2 unspecified atom stereocenters. The second-order valence-corrected chi connectivity index (χ2v) is 5.25. The normalized spacial score (nSPS) is 14.0. The van der Waals surface area contributed by atoms with Crippen LogP contribution in [0.25, 0.3) is 0 Å². The summed E-state index contributed by atoms with van der Waals surface area (Å²) in [5, 5.41) is 3.26. The topological polar surface area (TPSA) is 12.0 Å². The van der Waals surface area contributed by atoms with Crippen molar-refractivity contribution >= 4 is 0 Å². The second kappa shape index (κ2) is 6.67. The molecule has 0 saturated carbocycles. The first-order valence-electron chi connectivity index (χ1n) is 7.18. The number of rotatable bonds is 5. The molecule has 0 spiro atoms. The molecule has 0 bridgehead atoms. The van der Waals surface area contributed by atoms with E-state index in [-0.39, 0.29) is 11.9 Å². The highest BCUT2D eigenvalue weighted by Crippen LogP contribution is 2.25. The Morgan fingerprint density at radius 1 is 1.00 bits per heavy atom. The molecule has 0 heterocycles. The third kappa shape index (κ3) is 3.26. The maximum absolute atomic E-state index is 13.4. The average Bonchev–Trinajstić information content (AvgIpc) is 2.48. The lowest BCUT2D eigenvalue weighted by Crippen LogP contribution is -2.17. The fourth-order valence-electron chi connectivity index (χ4n) is 2.46. The molecule has 2 rings (SSSR count). The van der Waals surface area contributed by atoms with Crippen molar-refractivity contribution in [3.63, 3.8) is 0 Å². The van der Waals surface area contributed by atoms with Crippen LogP contribution in [0.15, 0.2) is 48.5 Å². The molecule has 20 heavy (non-hydrogen) atoms. The van der Waals surface area contributed by atoms with E-state index in [1.165, 1.54) is 11.6 Å². The maximum atomic E-state index is 13.4. The minimum Gasteiger partial charge on any atom is -0.309 e. The summed E-state index contributed by atoms with van der Waals surface area (Å²) in [6.45, 7) is 4.43. The van der Waals surface area contributed by atoms with Gasteiger partial charge in [0.2, 0.25) is 0 Å². The number of nitrogens with one attached hydrogen (secondary N) is 1.